The fraction of sp³-hybridized carbons (Fsp3) is 0.786. The molecule has 0 amide bonds. The maximum Gasteiger partial charge on any atom is 0.333 e. The molecule has 0 aliphatic carbocycles. The molecule has 0 aromatic rings. The Bertz CT molecular complexity index is 284. The van der Waals surface area contributed by atoms with Crippen LogP contribution < -0.4 is 5.32 Å². The fourth-order valence-corrected chi connectivity index (χ4v) is 2.25. The first-order valence-electron chi connectivity index (χ1n) is 6.84. The Balaban J connectivity index is 2.19. The van der Waals surface area contributed by atoms with E-state index < -0.39 is 0 Å². The number of carbonyl (C=O) groups excluding carboxylic acids is 1. The Morgan fingerprint density at radius 1 is 1.39 bits per heavy atom. The van der Waals surface area contributed by atoms with E-state index >= 15 is 0 Å². The molecule has 4 heteroatoms. The van der Waals surface area contributed by atoms with Gasteiger partial charge in [-0.3, -0.25) is 0 Å². The molecule has 0 bridgehead atoms. The van der Waals surface area contributed by atoms with E-state index in [4.69, 9.17) is 0 Å². The SMILES string of the molecule is COC(=O)C(C)=CCNC(C)CN1CCCCC1. The minimum atomic E-state index is -0.250. The van der Waals surface area contributed by atoms with Crippen molar-refractivity contribution in [2.45, 2.75) is 39.2 Å². The smallest absolute Gasteiger partial charge is 0.333 e. The average Bonchev–Trinajstić information content (AvgIpc) is 2.38. The first-order chi connectivity index (χ1) is 8.63. The van der Waals surface area contributed by atoms with Gasteiger partial charge in [-0.1, -0.05) is 12.5 Å². The number of ether oxygens (including phenoxy) is 1. The molecule has 1 aliphatic rings. The lowest BCUT2D eigenvalue weighted by molar-refractivity contribution is -0.136. The van der Waals surface area contributed by atoms with Gasteiger partial charge in [0, 0.05) is 24.7 Å². The zero-order chi connectivity index (χ0) is 13.4. The molecule has 18 heavy (non-hydrogen) atoms. The fourth-order valence-electron chi connectivity index (χ4n) is 2.25. The molecule has 1 saturated heterocycles. The number of hydrogen-bond donors (Lipinski definition) is 1. The van der Waals surface area contributed by atoms with Gasteiger partial charge >= 0.3 is 5.97 Å². The second-order valence-electron chi connectivity index (χ2n) is 5.05. The molecule has 1 atom stereocenters. The molecular weight excluding hydrogens is 228 g/mol. The van der Waals surface area contributed by atoms with Crippen LogP contribution in [-0.4, -0.2) is 50.2 Å². The third-order valence-corrected chi connectivity index (χ3v) is 3.36. The van der Waals surface area contributed by atoms with E-state index in [1.54, 1.807) is 6.92 Å². The van der Waals surface area contributed by atoms with E-state index in [-0.39, 0.29) is 5.97 Å². The number of methoxy groups -OCH3 is 1. The van der Waals surface area contributed by atoms with E-state index in [0.717, 1.165) is 13.1 Å². The highest BCUT2D eigenvalue weighted by Gasteiger charge is 2.12. The number of carbonyl (C=O) groups is 1. The van der Waals surface area contributed by atoms with Gasteiger partial charge in [0.05, 0.1) is 7.11 Å². The van der Waals surface area contributed by atoms with Crippen molar-refractivity contribution in [3.63, 3.8) is 0 Å². The van der Waals surface area contributed by atoms with Gasteiger partial charge < -0.3 is 15.0 Å². The van der Waals surface area contributed by atoms with Gasteiger partial charge in [-0.05, 0) is 39.8 Å². The lowest BCUT2D eigenvalue weighted by Crippen LogP contribution is -2.41. The van der Waals surface area contributed by atoms with E-state index in [1.165, 1.54) is 39.5 Å². The van der Waals surface area contributed by atoms with Crippen LogP contribution in [0.4, 0.5) is 0 Å². The molecule has 1 fully saturated rings. The van der Waals surface area contributed by atoms with Crippen molar-refractivity contribution >= 4 is 5.97 Å². The normalized spacial score (nSPS) is 19.6. The van der Waals surface area contributed by atoms with Crippen LogP contribution in [0.25, 0.3) is 0 Å². The van der Waals surface area contributed by atoms with Crippen LogP contribution in [0.15, 0.2) is 11.6 Å². The molecule has 4 nitrogen and oxygen atoms in total. The standard InChI is InChI=1S/C14H26N2O2/c1-12(14(17)18-3)7-8-15-13(2)11-16-9-5-4-6-10-16/h7,13,15H,4-6,8-11H2,1-3H3. The molecule has 1 unspecified atom stereocenters. The summed E-state index contributed by atoms with van der Waals surface area (Å²) in [6.45, 7) is 8.23. The van der Waals surface area contributed by atoms with Crippen LogP contribution in [0.1, 0.15) is 33.1 Å². The number of hydrogen-bond acceptors (Lipinski definition) is 4. The molecular formula is C14H26N2O2. The Morgan fingerprint density at radius 2 is 2.06 bits per heavy atom. The van der Waals surface area contributed by atoms with Crippen LogP contribution >= 0.6 is 0 Å². The van der Waals surface area contributed by atoms with Crippen LogP contribution in [-0.2, 0) is 9.53 Å². The van der Waals surface area contributed by atoms with Crippen molar-refractivity contribution in [3.05, 3.63) is 11.6 Å². The number of nitrogens with zero attached hydrogens (tertiary/aromatic N) is 1. The van der Waals surface area contributed by atoms with Gasteiger partial charge in [-0.25, -0.2) is 4.79 Å². The predicted molar refractivity (Wildman–Crippen MR) is 73.5 cm³/mol. The number of esters is 1. The highest BCUT2D eigenvalue weighted by Crippen LogP contribution is 2.08. The molecule has 0 spiro atoms. The summed E-state index contributed by atoms with van der Waals surface area (Å²) in [5.74, 6) is -0.250. The molecule has 1 rings (SSSR count). The molecule has 0 saturated carbocycles. The second-order valence-corrected chi connectivity index (χ2v) is 5.05. The highest BCUT2D eigenvalue weighted by molar-refractivity contribution is 5.87. The summed E-state index contributed by atoms with van der Waals surface area (Å²) < 4.78 is 4.65. The van der Waals surface area contributed by atoms with Gasteiger partial charge in [0.25, 0.3) is 0 Å². The molecule has 1 aliphatic heterocycles. The van der Waals surface area contributed by atoms with Gasteiger partial charge in [-0.2, -0.15) is 0 Å². The van der Waals surface area contributed by atoms with Crippen molar-refractivity contribution in [1.29, 1.82) is 0 Å². The molecule has 0 aromatic heterocycles. The summed E-state index contributed by atoms with van der Waals surface area (Å²) in [5, 5.41) is 3.41. The Morgan fingerprint density at radius 3 is 2.67 bits per heavy atom. The maximum atomic E-state index is 11.2. The Labute approximate surface area is 110 Å². The number of nitrogens with one attached hydrogen (secondary N) is 1. The van der Waals surface area contributed by atoms with Crippen LogP contribution in [0.3, 0.4) is 0 Å². The summed E-state index contributed by atoms with van der Waals surface area (Å²) in [7, 11) is 1.41. The Hall–Kier alpha value is -0.870. The van der Waals surface area contributed by atoms with E-state index in [9.17, 15) is 4.79 Å². The van der Waals surface area contributed by atoms with Crippen LogP contribution in [0, 0.1) is 0 Å². The minimum Gasteiger partial charge on any atom is -0.466 e. The van der Waals surface area contributed by atoms with Gasteiger partial charge in [0.1, 0.15) is 0 Å². The first kappa shape index (κ1) is 15.2. The second kappa shape index (κ2) is 8.27. The molecule has 0 aromatic carbocycles. The lowest BCUT2D eigenvalue weighted by atomic mass is 10.1. The van der Waals surface area contributed by atoms with E-state index in [1.807, 2.05) is 6.08 Å². The van der Waals surface area contributed by atoms with E-state index in [2.05, 4.69) is 21.9 Å². The summed E-state index contributed by atoms with van der Waals surface area (Å²) in [4.78, 5) is 13.7. The van der Waals surface area contributed by atoms with Crippen molar-refractivity contribution in [3.8, 4) is 0 Å². The minimum absolute atomic E-state index is 0.250. The lowest BCUT2D eigenvalue weighted by Gasteiger charge is -2.29. The largest absolute Gasteiger partial charge is 0.466 e. The monoisotopic (exact) mass is 254 g/mol. The summed E-state index contributed by atoms with van der Waals surface area (Å²) in [5.41, 5.74) is 0.662. The number of piperidine rings is 1. The first-order valence-corrected chi connectivity index (χ1v) is 6.84. The van der Waals surface area contributed by atoms with Gasteiger partial charge in [0.2, 0.25) is 0 Å². The van der Waals surface area contributed by atoms with Crippen LogP contribution in [0.5, 0.6) is 0 Å². The van der Waals surface area contributed by atoms with Crippen molar-refractivity contribution in [2.75, 3.05) is 33.3 Å². The summed E-state index contributed by atoms with van der Waals surface area (Å²) >= 11 is 0. The Kier molecular flexibility index (Phi) is 6.98. The molecule has 1 N–H and O–H groups in total. The maximum absolute atomic E-state index is 11.2. The average molecular weight is 254 g/mol. The van der Waals surface area contributed by atoms with Gasteiger partial charge in [0.15, 0.2) is 0 Å². The van der Waals surface area contributed by atoms with Crippen molar-refractivity contribution in [1.82, 2.24) is 10.2 Å². The number of likely N-dealkylation sites (tertiary alicyclic amines) is 1. The third-order valence-electron chi connectivity index (χ3n) is 3.36. The van der Waals surface area contributed by atoms with Gasteiger partial charge in [-0.15, -0.1) is 0 Å². The zero-order valence-electron chi connectivity index (χ0n) is 11.9. The number of rotatable bonds is 6. The summed E-state index contributed by atoms with van der Waals surface area (Å²) in [6.07, 6.45) is 5.92. The van der Waals surface area contributed by atoms with E-state index in [0.29, 0.717) is 11.6 Å². The summed E-state index contributed by atoms with van der Waals surface area (Å²) in [6, 6.07) is 0.449. The topological polar surface area (TPSA) is 41.6 Å². The van der Waals surface area contributed by atoms with Crippen molar-refractivity contribution in [2.24, 2.45) is 0 Å². The molecule has 1 heterocycles. The molecule has 104 valence electrons. The predicted octanol–water partition coefficient (Wildman–Crippen LogP) is 1.57. The van der Waals surface area contributed by atoms with Crippen molar-refractivity contribution < 1.29 is 9.53 Å². The highest BCUT2D eigenvalue weighted by atomic mass is 16.5. The van der Waals surface area contributed by atoms with Crippen LogP contribution in [0.2, 0.25) is 0 Å². The quantitative estimate of drug-likeness (QED) is 0.577. The zero-order valence-corrected chi connectivity index (χ0v) is 11.9. The third kappa shape index (κ3) is 5.65. The molecule has 0 radical (unpaired) electrons.